The van der Waals surface area contributed by atoms with Gasteiger partial charge in [0.2, 0.25) is 0 Å². The van der Waals surface area contributed by atoms with Crippen molar-refractivity contribution in [2.45, 2.75) is 26.7 Å². The molecule has 0 unspecified atom stereocenters. The van der Waals surface area contributed by atoms with Crippen LogP contribution >= 0.6 is 0 Å². The smallest absolute Gasteiger partial charge is 0.262 e. The van der Waals surface area contributed by atoms with E-state index in [9.17, 15) is 9.18 Å². The second kappa shape index (κ2) is 9.28. The van der Waals surface area contributed by atoms with Gasteiger partial charge in [-0.05, 0) is 37.1 Å². The first kappa shape index (κ1) is 20.5. The van der Waals surface area contributed by atoms with Gasteiger partial charge in [-0.15, -0.1) is 0 Å². The SMILES string of the molecule is CCCCOc1cc(N)c(NC(=O)COc2ccc(F)cc2C)c2ccccc12. The van der Waals surface area contributed by atoms with Gasteiger partial charge in [0.05, 0.1) is 18.0 Å². The summed E-state index contributed by atoms with van der Waals surface area (Å²) in [6, 6.07) is 13.5. The van der Waals surface area contributed by atoms with Crippen molar-refractivity contribution >= 4 is 28.1 Å². The number of hydrogen-bond acceptors (Lipinski definition) is 4. The zero-order valence-electron chi connectivity index (χ0n) is 16.6. The van der Waals surface area contributed by atoms with Crippen LogP contribution in [0.25, 0.3) is 10.8 Å². The topological polar surface area (TPSA) is 73.6 Å². The number of fused-ring (bicyclic) bond motifs is 1. The van der Waals surface area contributed by atoms with Crippen molar-refractivity contribution in [3.05, 3.63) is 59.9 Å². The summed E-state index contributed by atoms with van der Waals surface area (Å²) in [5, 5.41) is 4.50. The molecule has 0 radical (unpaired) electrons. The second-order valence-electron chi connectivity index (χ2n) is 6.83. The molecule has 3 N–H and O–H groups in total. The number of carbonyl (C=O) groups excluding carboxylic acids is 1. The van der Waals surface area contributed by atoms with Gasteiger partial charge in [0.1, 0.15) is 17.3 Å². The van der Waals surface area contributed by atoms with E-state index in [0.717, 1.165) is 23.6 Å². The Morgan fingerprint density at radius 3 is 2.55 bits per heavy atom. The van der Waals surface area contributed by atoms with E-state index >= 15 is 0 Å². The summed E-state index contributed by atoms with van der Waals surface area (Å²) in [6.45, 7) is 4.22. The highest BCUT2D eigenvalue weighted by atomic mass is 19.1. The first-order valence-corrected chi connectivity index (χ1v) is 9.62. The van der Waals surface area contributed by atoms with Gasteiger partial charge in [-0.2, -0.15) is 0 Å². The van der Waals surface area contributed by atoms with Crippen LogP contribution in [0.15, 0.2) is 48.5 Å². The standard InChI is InChI=1S/C23H25FN2O3/c1-3-4-11-28-21-13-19(25)23(18-8-6-5-7-17(18)21)26-22(27)14-29-20-10-9-16(24)12-15(20)2/h5-10,12-13H,3-4,11,14,25H2,1-2H3,(H,26,27). The van der Waals surface area contributed by atoms with Gasteiger partial charge in [-0.3, -0.25) is 4.79 Å². The lowest BCUT2D eigenvalue weighted by Crippen LogP contribution is -2.21. The Morgan fingerprint density at radius 2 is 1.83 bits per heavy atom. The van der Waals surface area contributed by atoms with Crippen molar-refractivity contribution in [2.75, 3.05) is 24.3 Å². The number of benzene rings is 3. The van der Waals surface area contributed by atoms with Crippen LogP contribution in [0, 0.1) is 12.7 Å². The molecule has 0 saturated carbocycles. The van der Waals surface area contributed by atoms with Crippen LogP contribution in [-0.4, -0.2) is 19.1 Å². The molecule has 3 rings (SSSR count). The van der Waals surface area contributed by atoms with Crippen molar-refractivity contribution in [2.24, 2.45) is 0 Å². The Balaban J connectivity index is 1.77. The molecule has 0 spiro atoms. The van der Waals surface area contributed by atoms with Crippen molar-refractivity contribution in [3.63, 3.8) is 0 Å². The fourth-order valence-corrected chi connectivity index (χ4v) is 3.04. The Labute approximate surface area is 169 Å². The maximum Gasteiger partial charge on any atom is 0.262 e. The number of nitrogens with one attached hydrogen (secondary N) is 1. The third kappa shape index (κ3) is 4.96. The van der Waals surface area contributed by atoms with Crippen LogP contribution in [0.3, 0.4) is 0 Å². The van der Waals surface area contributed by atoms with E-state index in [0.29, 0.717) is 35.0 Å². The summed E-state index contributed by atoms with van der Waals surface area (Å²) in [7, 11) is 0. The zero-order valence-corrected chi connectivity index (χ0v) is 16.6. The van der Waals surface area contributed by atoms with Gasteiger partial charge in [-0.1, -0.05) is 37.6 Å². The molecule has 0 bridgehead atoms. The Hall–Kier alpha value is -3.28. The van der Waals surface area contributed by atoms with Crippen LogP contribution in [0.5, 0.6) is 11.5 Å². The molecule has 6 heteroatoms. The average Bonchev–Trinajstić information content (AvgIpc) is 2.70. The number of amides is 1. The molecule has 0 heterocycles. The lowest BCUT2D eigenvalue weighted by molar-refractivity contribution is -0.118. The van der Waals surface area contributed by atoms with E-state index in [-0.39, 0.29) is 18.3 Å². The molecule has 0 aliphatic rings. The average molecular weight is 396 g/mol. The molecule has 0 aliphatic heterocycles. The number of anilines is 2. The fraction of sp³-hybridized carbons (Fsp3) is 0.261. The van der Waals surface area contributed by atoms with Gasteiger partial charge in [0.25, 0.3) is 5.91 Å². The van der Waals surface area contributed by atoms with E-state index in [1.54, 1.807) is 13.0 Å². The summed E-state index contributed by atoms with van der Waals surface area (Å²) in [5.41, 5.74) is 7.77. The Kier molecular flexibility index (Phi) is 6.54. The minimum Gasteiger partial charge on any atom is -0.493 e. The Morgan fingerprint density at radius 1 is 1.07 bits per heavy atom. The van der Waals surface area contributed by atoms with Gasteiger partial charge < -0.3 is 20.5 Å². The number of nitrogens with two attached hydrogens (primary N) is 1. The van der Waals surface area contributed by atoms with Crippen LogP contribution < -0.4 is 20.5 Å². The normalized spacial score (nSPS) is 10.7. The predicted octanol–water partition coefficient (Wildman–Crippen LogP) is 5.07. The zero-order chi connectivity index (χ0) is 20.8. The molecule has 0 saturated heterocycles. The maximum atomic E-state index is 13.2. The van der Waals surface area contributed by atoms with Crippen molar-refractivity contribution in [3.8, 4) is 11.5 Å². The van der Waals surface area contributed by atoms with Gasteiger partial charge in [0.15, 0.2) is 6.61 Å². The summed E-state index contributed by atoms with van der Waals surface area (Å²) in [4.78, 5) is 12.5. The van der Waals surface area contributed by atoms with E-state index in [1.807, 2.05) is 24.3 Å². The maximum absolute atomic E-state index is 13.2. The molecule has 3 aromatic carbocycles. The molecule has 0 fully saturated rings. The lowest BCUT2D eigenvalue weighted by atomic mass is 10.1. The van der Waals surface area contributed by atoms with Crippen molar-refractivity contribution < 1.29 is 18.7 Å². The van der Waals surface area contributed by atoms with E-state index in [4.69, 9.17) is 15.2 Å². The van der Waals surface area contributed by atoms with E-state index in [1.165, 1.54) is 18.2 Å². The van der Waals surface area contributed by atoms with Gasteiger partial charge in [-0.25, -0.2) is 4.39 Å². The molecule has 0 aliphatic carbocycles. The molecule has 152 valence electrons. The molecular weight excluding hydrogens is 371 g/mol. The first-order valence-electron chi connectivity index (χ1n) is 9.62. The second-order valence-corrected chi connectivity index (χ2v) is 6.83. The third-order valence-corrected chi connectivity index (χ3v) is 4.55. The van der Waals surface area contributed by atoms with E-state index in [2.05, 4.69) is 12.2 Å². The summed E-state index contributed by atoms with van der Waals surface area (Å²) >= 11 is 0. The minimum atomic E-state index is -0.356. The predicted molar refractivity (Wildman–Crippen MR) is 114 cm³/mol. The number of halogens is 1. The molecule has 1 amide bonds. The number of ether oxygens (including phenoxy) is 2. The summed E-state index contributed by atoms with van der Waals surface area (Å²) in [5.74, 6) is 0.451. The van der Waals surface area contributed by atoms with Crippen LogP contribution in [0.1, 0.15) is 25.3 Å². The van der Waals surface area contributed by atoms with Crippen LogP contribution in [-0.2, 0) is 4.79 Å². The number of unbranched alkanes of at least 4 members (excludes halogenated alkanes) is 1. The monoisotopic (exact) mass is 396 g/mol. The summed E-state index contributed by atoms with van der Waals surface area (Å²) < 4.78 is 24.6. The van der Waals surface area contributed by atoms with Crippen LogP contribution in [0.2, 0.25) is 0 Å². The number of nitrogen functional groups attached to an aromatic ring is 1. The molecule has 29 heavy (non-hydrogen) atoms. The molecule has 3 aromatic rings. The number of rotatable bonds is 8. The highest BCUT2D eigenvalue weighted by molar-refractivity contribution is 6.09. The lowest BCUT2D eigenvalue weighted by Gasteiger charge is -2.16. The first-order chi connectivity index (χ1) is 14.0. The quantitative estimate of drug-likeness (QED) is 0.412. The summed E-state index contributed by atoms with van der Waals surface area (Å²) in [6.07, 6.45) is 1.99. The van der Waals surface area contributed by atoms with Crippen molar-refractivity contribution in [1.29, 1.82) is 0 Å². The molecule has 5 nitrogen and oxygen atoms in total. The number of hydrogen-bond donors (Lipinski definition) is 2. The largest absolute Gasteiger partial charge is 0.493 e. The van der Waals surface area contributed by atoms with Gasteiger partial charge in [0, 0.05) is 16.8 Å². The minimum absolute atomic E-state index is 0.213. The Bertz CT molecular complexity index is 1020. The third-order valence-electron chi connectivity index (χ3n) is 4.55. The van der Waals surface area contributed by atoms with Crippen LogP contribution in [0.4, 0.5) is 15.8 Å². The van der Waals surface area contributed by atoms with Gasteiger partial charge >= 0.3 is 0 Å². The number of carbonyl (C=O) groups is 1. The van der Waals surface area contributed by atoms with Crippen molar-refractivity contribution in [1.82, 2.24) is 0 Å². The molecule has 0 aromatic heterocycles. The highest BCUT2D eigenvalue weighted by Gasteiger charge is 2.14. The molecule has 0 atom stereocenters. The molecular formula is C23H25FN2O3. The highest BCUT2D eigenvalue weighted by Crippen LogP contribution is 2.37. The van der Waals surface area contributed by atoms with E-state index < -0.39 is 0 Å². The fourth-order valence-electron chi connectivity index (χ4n) is 3.04. The number of aryl methyl sites for hydroxylation is 1.